The molecule has 4 heterocycles. The quantitative estimate of drug-likeness (QED) is 0.379. The summed E-state index contributed by atoms with van der Waals surface area (Å²) < 4.78 is 12.1. The molecule has 1 N–H and O–H groups in total. The highest BCUT2D eigenvalue weighted by atomic mass is 16.6. The van der Waals surface area contributed by atoms with E-state index >= 15 is 0 Å². The van der Waals surface area contributed by atoms with E-state index in [0.717, 1.165) is 12.8 Å². The van der Waals surface area contributed by atoms with Gasteiger partial charge in [0.2, 0.25) is 0 Å². The van der Waals surface area contributed by atoms with Gasteiger partial charge in [-0.3, -0.25) is 9.59 Å². The van der Waals surface area contributed by atoms with Crippen LogP contribution in [0.5, 0.6) is 5.75 Å². The maximum Gasteiger partial charge on any atom is 0.343 e. The number of rotatable bonds is 4. The van der Waals surface area contributed by atoms with Crippen LogP contribution in [0.2, 0.25) is 0 Å². The van der Waals surface area contributed by atoms with Crippen molar-refractivity contribution in [2.45, 2.75) is 44.9 Å². The predicted octanol–water partition coefficient (Wildman–Crippen LogP) is 2.68. The van der Waals surface area contributed by atoms with E-state index in [-0.39, 0.29) is 48.0 Å². The lowest BCUT2D eigenvalue weighted by Gasteiger charge is -2.31. The molecule has 33 heavy (non-hydrogen) atoms. The van der Waals surface area contributed by atoms with Gasteiger partial charge >= 0.3 is 5.97 Å². The topological polar surface area (TPSA) is 108 Å². The lowest BCUT2D eigenvalue weighted by molar-refractivity contribution is -0.172. The van der Waals surface area contributed by atoms with Crippen LogP contribution < -0.4 is 10.3 Å². The Labute approximate surface area is 188 Å². The molecule has 8 nitrogen and oxygen atoms in total. The second-order valence-electron chi connectivity index (χ2n) is 8.94. The zero-order chi connectivity index (χ0) is 23.1. The molecule has 3 aromatic rings. The van der Waals surface area contributed by atoms with E-state index in [0.29, 0.717) is 39.2 Å². The van der Waals surface area contributed by atoms with Crippen molar-refractivity contribution in [1.82, 2.24) is 9.55 Å². The first-order valence-corrected chi connectivity index (χ1v) is 11.1. The monoisotopic (exact) mass is 446 g/mol. The van der Waals surface area contributed by atoms with Gasteiger partial charge in [0, 0.05) is 28.0 Å². The molecule has 1 aromatic carbocycles. The largest absolute Gasteiger partial charge is 0.497 e. The summed E-state index contributed by atoms with van der Waals surface area (Å²) in [5, 5.41) is 11.8. The number of hydrogen-bond acceptors (Lipinski definition) is 7. The van der Waals surface area contributed by atoms with E-state index in [4.69, 9.17) is 14.5 Å². The van der Waals surface area contributed by atoms with Crippen LogP contribution >= 0.6 is 0 Å². The molecule has 0 radical (unpaired) electrons. The first-order chi connectivity index (χ1) is 15.9. The van der Waals surface area contributed by atoms with E-state index in [1.54, 1.807) is 36.8 Å². The van der Waals surface area contributed by atoms with Crippen molar-refractivity contribution in [3.05, 3.63) is 56.9 Å². The molecule has 0 amide bonds. The number of esters is 1. The molecule has 0 spiro atoms. The molecule has 1 saturated carbocycles. The summed E-state index contributed by atoms with van der Waals surface area (Å²) in [6.07, 6.45) is 1.78. The Morgan fingerprint density at radius 3 is 2.76 bits per heavy atom. The maximum atomic E-state index is 13.4. The van der Waals surface area contributed by atoms with Crippen molar-refractivity contribution in [3.63, 3.8) is 0 Å². The number of carbonyl (C=O) groups excluding carboxylic acids is 2. The van der Waals surface area contributed by atoms with E-state index in [2.05, 4.69) is 0 Å². The van der Waals surface area contributed by atoms with Crippen molar-refractivity contribution >= 4 is 22.7 Å². The molecular formula is C25H22N2O6. The molecule has 0 saturated heterocycles. The molecule has 1 fully saturated rings. The highest BCUT2D eigenvalue weighted by molar-refractivity contribution is 6.12. The van der Waals surface area contributed by atoms with Gasteiger partial charge in [0.05, 0.1) is 36.1 Å². The second-order valence-corrected chi connectivity index (χ2v) is 8.94. The number of hydrogen-bond donors (Lipinski definition) is 1. The average Bonchev–Trinajstić information content (AvgIpc) is 3.61. The molecule has 1 aliphatic carbocycles. The number of benzene rings is 1. The Morgan fingerprint density at radius 1 is 1.27 bits per heavy atom. The van der Waals surface area contributed by atoms with Gasteiger partial charge in [-0.2, -0.15) is 0 Å². The predicted molar refractivity (Wildman–Crippen MR) is 118 cm³/mol. The molecule has 8 heteroatoms. The number of ether oxygens (including phenoxy) is 2. The van der Waals surface area contributed by atoms with Crippen LogP contribution in [0.4, 0.5) is 0 Å². The van der Waals surface area contributed by atoms with Gasteiger partial charge in [0.25, 0.3) is 5.56 Å². The van der Waals surface area contributed by atoms with Gasteiger partial charge in [-0.25, -0.2) is 9.78 Å². The molecule has 2 aromatic heterocycles. The number of aromatic nitrogens is 2. The SMILES string of the molecule is CCC1(O)C(=O)OCc2c1cc1n(c2=O)Cc2c-1nc1ccc(OC)cc1c2C(=O)C1CC1. The third-order valence-corrected chi connectivity index (χ3v) is 7.09. The van der Waals surface area contributed by atoms with Crippen LogP contribution in [-0.2, 0) is 28.3 Å². The number of pyridine rings is 2. The number of Topliss-reactive ketones (excluding diaryl/α,β-unsaturated/α-hetero) is 1. The lowest BCUT2D eigenvalue weighted by Crippen LogP contribution is -2.44. The highest BCUT2D eigenvalue weighted by Crippen LogP contribution is 2.43. The minimum Gasteiger partial charge on any atom is -0.497 e. The number of carbonyl (C=O) groups is 2. The Kier molecular flexibility index (Phi) is 4.11. The average molecular weight is 446 g/mol. The van der Waals surface area contributed by atoms with E-state index in [9.17, 15) is 19.5 Å². The maximum absolute atomic E-state index is 13.4. The number of nitrogens with zero attached hydrogens (tertiary/aromatic N) is 2. The van der Waals surface area contributed by atoms with Crippen LogP contribution in [0.1, 0.15) is 53.2 Å². The third kappa shape index (κ3) is 2.67. The summed E-state index contributed by atoms with van der Waals surface area (Å²) in [6, 6.07) is 7.07. The van der Waals surface area contributed by atoms with Gasteiger partial charge in [-0.1, -0.05) is 6.92 Å². The van der Waals surface area contributed by atoms with Gasteiger partial charge in [0.15, 0.2) is 11.4 Å². The highest BCUT2D eigenvalue weighted by Gasteiger charge is 2.46. The van der Waals surface area contributed by atoms with Crippen molar-refractivity contribution in [2.75, 3.05) is 7.11 Å². The van der Waals surface area contributed by atoms with Crippen LogP contribution in [0, 0.1) is 5.92 Å². The Bertz CT molecular complexity index is 1450. The van der Waals surface area contributed by atoms with Gasteiger partial charge in [0.1, 0.15) is 12.4 Å². The molecule has 1 atom stereocenters. The van der Waals surface area contributed by atoms with Crippen LogP contribution in [0.15, 0.2) is 29.1 Å². The zero-order valence-electron chi connectivity index (χ0n) is 18.3. The summed E-state index contributed by atoms with van der Waals surface area (Å²) in [7, 11) is 1.57. The van der Waals surface area contributed by atoms with Crippen LogP contribution in [-0.4, -0.2) is 33.5 Å². The fraction of sp³-hybridized carbons (Fsp3) is 0.360. The number of fused-ring (bicyclic) bond motifs is 5. The van der Waals surface area contributed by atoms with Crippen LogP contribution in [0.3, 0.4) is 0 Å². The summed E-state index contributed by atoms with van der Waals surface area (Å²) in [5.41, 5.74) is 1.23. The fourth-order valence-electron chi connectivity index (χ4n) is 5.02. The third-order valence-electron chi connectivity index (χ3n) is 7.09. The van der Waals surface area contributed by atoms with Crippen molar-refractivity contribution in [1.29, 1.82) is 0 Å². The number of aliphatic hydroxyl groups is 1. The summed E-state index contributed by atoms with van der Waals surface area (Å²) in [6.45, 7) is 1.68. The summed E-state index contributed by atoms with van der Waals surface area (Å²) in [4.78, 5) is 44.0. The second kappa shape index (κ2) is 6.74. The van der Waals surface area contributed by atoms with Crippen molar-refractivity contribution < 1.29 is 24.2 Å². The minimum atomic E-state index is -1.89. The molecule has 2 aliphatic heterocycles. The van der Waals surface area contributed by atoms with Crippen LogP contribution in [0.25, 0.3) is 22.3 Å². The molecule has 1 unspecified atom stereocenters. The summed E-state index contributed by atoms with van der Waals surface area (Å²) >= 11 is 0. The molecule has 168 valence electrons. The van der Waals surface area contributed by atoms with Gasteiger partial charge < -0.3 is 19.1 Å². The zero-order valence-corrected chi connectivity index (χ0v) is 18.3. The molecule has 3 aliphatic rings. The molecule has 0 bridgehead atoms. The fourth-order valence-corrected chi connectivity index (χ4v) is 5.02. The lowest BCUT2D eigenvalue weighted by atomic mass is 9.86. The normalized spacial score (nSPS) is 20.8. The van der Waals surface area contributed by atoms with E-state index in [1.165, 1.54) is 0 Å². The standard InChI is InChI=1S/C25H22N2O6/c1-3-25(31)17-9-19-21-15(10-27(19)23(29)16(17)11-33-24(25)30)20(22(28)12-4-5-12)14-8-13(32-2)6-7-18(14)26-21/h6-9,12,31H,3-5,10-11H2,1-2H3. The Hall–Kier alpha value is -3.52. The van der Waals surface area contributed by atoms with Gasteiger partial charge in [-0.05, 0) is 43.5 Å². The first-order valence-electron chi connectivity index (χ1n) is 11.1. The van der Waals surface area contributed by atoms with E-state index in [1.807, 2.05) is 6.07 Å². The smallest absolute Gasteiger partial charge is 0.343 e. The first kappa shape index (κ1) is 20.1. The number of methoxy groups -OCH3 is 1. The molecular weight excluding hydrogens is 424 g/mol. The van der Waals surface area contributed by atoms with Crippen molar-refractivity contribution in [3.8, 4) is 17.1 Å². The number of cyclic esters (lactones) is 1. The Balaban J connectivity index is 1.66. The van der Waals surface area contributed by atoms with Gasteiger partial charge in [-0.15, -0.1) is 0 Å². The molecule has 6 rings (SSSR count). The minimum absolute atomic E-state index is 0.0178. The van der Waals surface area contributed by atoms with E-state index < -0.39 is 11.6 Å². The number of ketones is 1. The summed E-state index contributed by atoms with van der Waals surface area (Å²) in [5.74, 6) is -0.0963. The van der Waals surface area contributed by atoms with Crippen molar-refractivity contribution in [2.24, 2.45) is 5.92 Å². The Morgan fingerprint density at radius 2 is 2.06 bits per heavy atom.